The van der Waals surface area contributed by atoms with E-state index < -0.39 is 0 Å². The van der Waals surface area contributed by atoms with Gasteiger partial charge in [0.2, 0.25) is 0 Å². The fourth-order valence-electron chi connectivity index (χ4n) is 1.49. The average molecular weight is 209 g/mol. The lowest BCUT2D eigenvalue weighted by Gasteiger charge is -2.25. The summed E-state index contributed by atoms with van der Waals surface area (Å²) in [6.07, 6.45) is 4.43. The molecule has 0 amide bonds. The monoisotopic (exact) mass is 209 g/mol. The van der Waals surface area contributed by atoms with E-state index in [1.165, 1.54) is 4.88 Å². The summed E-state index contributed by atoms with van der Waals surface area (Å²) in [4.78, 5) is 3.74. The van der Waals surface area contributed by atoms with E-state index in [0.717, 1.165) is 32.8 Å². The fraction of sp³-hybridized carbons (Fsp3) is 0.455. The fourth-order valence-corrected chi connectivity index (χ4v) is 2.13. The van der Waals surface area contributed by atoms with Crippen LogP contribution >= 0.6 is 11.3 Å². The van der Waals surface area contributed by atoms with Crippen molar-refractivity contribution in [3.8, 4) is 0 Å². The van der Waals surface area contributed by atoms with E-state index in [2.05, 4.69) is 34.6 Å². The highest BCUT2D eigenvalue weighted by Gasteiger charge is 2.07. The van der Waals surface area contributed by atoms with Crippen LogP contribution in [0.15, 0.2) is 23.6 Å². The SMILES string of the molecule is C(=C\c1cccs1)/CN1CCOCC1. The summed E-state index contributed by atoms with van der Waals surface area (Å²) in [5.41, 5.74) is 0. The lowest BCUT2D eigenvalue weighted by Crippen LogP contribution is -2.36. The Kier molecular flexibility index (Phi) is 3.74. The summed E-state index contributed by atoms with van der Waals surface area (Å²) in [6, 6.07) is 4.22. The Balaban J connectivity index is 1.76. The Morgan fingerprint density at radius 1 is 1.43 bits per heavy atom. The van der Waals surface area contributed by atoms with Gasteiger partial charge >= 0.3 is 0 Å². The van der Waals surface area contributed by atoms with E-state index in [0.29, 0.717) is 0 Å². The molecule has 0 aromatic carbocycles. The molecule has 0 spiro atoms. The highest BCUT2D eigenvalue weighted by atomic mass is 32.1. The van der Waals surface area contributed by atoms with Crippen LogP contribution in [-0.4, -0.2) is 37.7 Å². The highest BCUT2D eigenvalue weighted by molar-refractivity contribution is 7.10. The Labute approximate surface area is 88.8 Å². The van der Waals surface area contributed by atoms with Crippen LogP contribution in [0.4, 0.5) is 0 Å². The van der Waals surface area contributed by atoms with Crippen LogP contribution in [0, 0.1) is 0 Å². The smallest absolute Gasteiger partial charge is 0.0594 e. The van der Waals surface area contributed by atoms with Gasteiger partial charge in [-0.15, -0.1) is 11.3 Å². The largest absolute Gasteiger partial charge is 0.379 e. The first-order valence-corrected chi connectivity index (χ1v) is 5.83. The molecule has 76 valence electrons. The maximum absolute atomic E-state index is 5.29. The van der Waals surface area contributed by atoms with Crippen molar-refractivity contribution in [1.82, 2.24) is 4.90 Å². The molecule has 2 rings (SSSR count). The minimum atomic E-state index is 0.882. The Morgan fingerprint density at radius 3 is 3.00 bits per heavy atom. The van der Waals surface area contributed by atoms with E-state index in [-0.39, 0.29) is 0 Å². The molecule has 1 aromatic heterocycles. The molecular weight excluding hydrogens is 194 g/mol. The quantitative estimate of drug-likeness (QED) is 0.756. The summed E-state index contributed by atoms with van der Waals surface area (Å²) in [5, 5.41) is 2.11. The second-order valence-electron chi connectivity index (χ2n) is 3.33. The third kappa shape index (κ3) is 2.94. The summed E-state index contributed by atoms with van der Waals surface area (Å²) in [7, 11) is 0. The van der Waals surface area contributed by atoms with Crippen molar-refractivity contribution in [1.29, 1.82) is 0 Å². The van der Waals surface area contributed by atoms with Crippen molar-refractivity contribution in [2.45, 2.75) is 0 Å². The molecule has 1 aliphatic rings. The van der Waals surface area contributed by atoms with Gasteiger partial charge in [0.15, 0.2) is 0 Å². The topological polar surface area (TPSA) is 12.5 Å². The zero-order chi connectivity index (χ0) is 9.64. The first-order valence-electron chi connectivity index (χ1n) is 4.95. The highest BCUT2D eigenvalue weighted by Crippen LogP contribution is 2.10. The zero-order valence-corrected chi connectivity index (χ0v) is 9.00. The number of morpholine rings is 1. The molecule has 1 fully saturated rings. The minimum Gasteiger partial charge on any atom is -0.379 e. The standard InChI is InChI=1S/C11H15NOS/c1(3-11-4-2-10-14-11)5-12-6-8-13-9-7-12/h1-4,10H,5-9H2/b3-1+. The predicted octanol–water partition coefficient (Wildman–Crippen LogP) is 2.09. The molecule has 0 N–H and O–H groups in total. The Bertz CT molecular complexity index is 275. The van der Waals surface area contributed by atoms with Crippen molar-refractivity contribution in [3.63, 3.8) is 0 Å². The van der Waals surface area contributed by atoms with Gasteiger partial charge in [-0.2, -0.15) is 0 Å². The Hall–Kier alpha value is -0.640. The molecule has 2 heterocycles. The molecule has 2 nitrogen and oxygen atoms in total. The molecule has 0 unspecified atom stereocenters. The van der Waals surface area contributed by atoms with Gasteiger partial charge in [0.05, 0.1) is 13.2 Å². The van der Waals surface area contributed by atoms with Crippen LogP contribution in [0.5, 0.6) is 0 Å². The van der Waals surface area contributed by atoms with Gasteiger partial charge in [-0.05, 0) is 17.5 Å². The van der Waals surface area contributed by atoms with Crippen molar-refractivity contribution in [2.24, 2.45) is 0 Å². The van der Waals surface area contributed by atoms with Crippen LogP contribution in [0.3, 0.4) is 0 Å². The van der Waals surface area contributed by atoms with Gasteiger partial charge in [0, 0.05) is 24.5 Å². The van der Waals surface area contributed by atoms with Crippen LogP contribution in [0.2, 0.25) is 0 Å². The third-order valence-electron chi connectivity index (χ3n) is 2.29. The molecule has 1 saturated heterocycles. The van der Waals surface area contributed by atoms with Gasteiger partial charge < -0.3 is 4.74 Å². The number of hydrogen-bond acceptors (Lipinski definition) is 3. The van der Waals surface area contributed by atoms with E-state index in [9.17, 15) is 0 Å². The van der Waals surface area contributed by atoms with Crippen LogP contribution in [-0.2, 0) is 4.74 Å². The van der Waals surface area contributed by atoms with Crippen LogP contribution in [0.1, 0.15) is 4.88 Å². The first kappa shape index (κ1) is 9.90. The van der Waals surface area contributed by atoms with Crippen molar-refractivity contribution in [3.05, 3.63) is 28.5 Å². The van der Waals surface area contributed by atoms with E-state index in [4.69, 9.17) is 4.74 Å². The van der Waals surface area contributed by atoms with E-state index >= 15 is 0 Å². The average Bonchev–Trinajstić information content (AvgIpc) is 2.72. The molecule has 3 heteroatoms. The molecule has 0 saturated carbocycles. The van der Waals surface area contributed by atoms with Gasteiger partial charge in [-0.1, -0.05) is 12.1 Å². The molecule has 0 atom stereocenters. The van der Waals surface area contributed by atoms with Gasteiger partial charge in [-0.3, -0.25) is 4.90 Å². The van der Waals surface area contributed by atoms with Crippen molar-refractivity contribution >= 4 is 17.4 Å². The number of nitrogens with zero attached hydrogens (tertiary/aromatic N) is 1. The molecule has 1 aliphatic heterocycles. The second-order valence-corrected chi connectivity index (χ2v) is 4.31. The second kappa shape index (κ2) is 5.29. The number of hydrogen-bond donors (Lipinski definition) is 0. The Morgan fingerprint density at radius 2 is 2.29 bits per heavy atom. The molecule has 0 radical (unpaired) electrons. The lowest BCUT2D eigenvalue weighted by atomic mass is 10.3. The predicted molar refractivity (Wildman–Crippen MR) is 60.6 cm³/mol. The summed E-state index contributed by atoms with van der Waals surface area (Å²) in [5.74, 6) is 0. The molecule has 1 aromatic rings. The summed E-state index contributed by atoms with van der Waals surface area (Å²) >= 11 is 1.78. The van der Waals surface area contributed by atoms with Crippen molar-refractivity contribution in [2.75, 3.05) is 32.8 Å². The minimum absolute atomic E-state index is 0.882. The van der Waals surface area contributed by atoms with E-state index in [1.807, 2.05) is 0 Å². The number of thiophene rings is 1. The van der Waals surface area contributed by atoms with Gasteiger partial charge in [-0.25, -0.2) is 0 Å². The van der Waals surface area contributed by atoms with E-state index in [1.54, 1.807) is 11.3 Å². The lowest BCUT2D eigenvalue weighted by molar-refractivity contribution is 0.0435. The number of ether oxygens (including phenoxy) is 1. The van der Waals surface area contributed by atoms with Gasteiger partial charge in [0.1, 0.15) is 0 Å². The third-order valence-corrected chi connectivity index (χ3v) is 3.13. The summed E-state index contributed by atoms with van der Waals surface area (Å²) in [6.45, 7) is 4.94. The van der Waals surface area contributed by atoms with Gasteiger partial charge in [0.25, 0.3) is 0 Å². The first-order chi connectivity index (χ1) is 6.95. The maximum atomic E-state index is 5.29. The normalized spacial score (nSPS) is 19.1. The molecule has 0 aliphatic carbocycles. The summed E-state index contributed by atoms with van der Waals surface area (Å²) < 4.78 is 5.29. The van der Waals surface area contributed by atoms with Crippen LogP contribution in [0.25, 0.3) is 6.08 Å². The zero-order valence-electron chi connectivity index (χ0n) is 8.19. The number of rotatable bonds is 3. The van der Waals surface area contributed by atoms with Crippen LogP contribution < -0.4 is 0 Å². The molecular formula is C11H15NOS. The molecule has 0 bridgehead atoms. The molecule has 14 heavy (non-hydrogen) atoms. The maximum Gasteiger partial charge on any atom is 0.0594 e. The van der Waals surface area contributed by atoms with Crippen molar-refractivity contribution < 1.29 is 4.74 Å².